The molecule has 1 aromatic rings. The maximum Gasteiger partial charge on any atom is 0.238 e. The van der Waals surface area contributed by atoms with E-state index in [-0.39, 0.29) is 24.3 Å². The molecule has 0 aliphatic carbocycles. The molecular formula is C16H23ClN4O2. The number of likely N-dealkylation sites (tertiary alicyclic amines) is 1. The first-order valence-corrected chi connectivity index (χ1v) is 8.22. The zero-order valence-corrected chi connectivity index (χ0v) is 13.8. The molecule has 7 heteroatoms. The maximum atomic E-state index is 12.1. The predicted molar refractivity (Wildman–Crippen MR) is 91.3 cm³/mol. The van der Waals surface area contributed by atoms with Gasteiger partial charge in [-0.3, -0.25) is 14.5 Å². The molecule has 0 radical (unpaired) electrons. The summed E-state index contributed by atoms with van der Waals surface area (Å²) in [5.74, 6) is -0.132. The SMILES string of the molecule is NCCNC(=O)C1CCCN(CC(=O)Nc2ccc(Cl)cc2)C1. The van der Waals surface area contributed by atoms with Crippen LogP contribution in [0.3, 0.4) is 0 Å². The van der Waals surface area contributed by atoms with Crippen LogP contribution >= 0.6 is 11.6 Å². The van der Waals surface area contributed by atoms with Gasteiger partial charge < -0.3 is 16.4 Å². The molecule has 1 atom stereocenters. The minimum absolute atomic E-state index is 0.0262. The van der Waals surface area contributed by atoms with Crippen molar-refractivity contribution >= 4 is 29.1 Å². The van der Waals surface area contributed by atoms with Crippen LogP contribution in [0.1, 0.15) is 12.8 Å². The van der Waals surface area contributed by atoms with Crippen LogP contribution in [0.25, 0.3) is 0 Å². The van der Waals surface area contributed by atoms with Crippen LogP contribution in [0.2, 0.25) is 5.02 Å². The zero-order valence-electron chi connectivity index (χ0n) is 13.1. The minimum atomic E-state index is -0.0876. The summed E-state index contributed by atoms with van der Waals surface area (Å²) >= 11 is 5.82. The number of amides is 2. The van der Waals surface area contributed by atoms with Crippen LogP contribution in [-0.4, -0.2) is 49.4 Å². The molecule has 1 unspecified atom stereocenters. The van der Waals surface area contributed by atoms with Crippen LogP contribution in [0.15, 0.2) is 24.3 Å². The third kappa shape index (κ3) is 5.82. The quantitative estimate of drug-likeness (QED) is 0.724. The molecule has 2 amide bonds. The Bertz CT molecular complexity index is 535. The summed E-state index contributed by atoms with van der Waals surface area (Å²) in [4.78, 5) is 26.1. The zero-order chi connectivity index (χ0) is 16.7. The summed E-state index contributed by atoms with van der Waals surface area (Å²) in [5.41, 5.74) is 6.11. The molecule has 0 aromatic heterocycles. The van der Waals surface area contributed by atoms with E-state index in [4.69, 9.17) is 17.3 Å². The van der Waals surface area contributed by atoms with Crippen molar-refractivity contribution in [1.82, 2.24) is 10.2 Å². The van der Waals surface area contributed by atoms with E-state index in [2.05, 4.69) is 10.6 Å². The molecule has 0 spiro atoms. The van der Waals surface area contributed by atoms with Gasteiger partial charge in [0.25, 0.3) is 0 Å². The van der Waals surface area contributed by atoms with Crippen LogP contribution in [0.4, 0.5) is 5.69 Å². The molecule has 0 saturated carbocycles. The van der Waals surface area contributed by atoms with Crippen LogP contribution < -0.4 is 16.4 Å². The highest BCUT2D eigenvalue weighted by Crippen LogP contribution is 2.17. The number of carbonyl (C=O) groups is 2. The number of hydrogen-bond acceptors (Lipinski definition) is 4. The topological polar surface area (TPSA) is 87.5 Å². The molecule has 23 heavy (non-hydrogen) atoms. The summed E-state index contributed by atoms with van der Waals surface area (Å²) in [6.45, 7) is 2.64. The standard InChI is InChI=1S/C16H23ClN4O2/c17-13-3-5-14(6-4-13)20-15(22)11-21-9-1-2-12(10-21)16(23)19-8-7-18/h3-6,12H,1-2,7-11,18H2,(H,19,23)(H,20,22). The Labute approximate surface area is 141 Å². The summed E-state index contributed by atoms with van der Waals surface area (Å²) in [6, 6.07) is 6.99. The molecule has 1 saturated heterocycles. The summed E-state index contributed by atoms with van der Waals surface area (Å²) in [7, 11) is 0. The molecule has 0 bridgehead atoms. The van der Waals surface area contributed by atoms with Crippen LogP contribution in [0.5, 0.6) is 0 Å². The Morgan fingerprint density at radius 2 is 2.04 bits per heavy atom. The van der Waals surface area contributed by atoms with Crippen molar-refractivity contribution < 1.29 is 9.59 Å². The van der Waals surface area contributed by atoms with Gasteiger partial charge in [0.2, 0.25) is 11.8 Å². The van der Waals surface area contributed by atoms with Crippen LogP contribution in [0, 0.1) is 5.92 Å². The number of carbonyl (C=O) groups excluding carboxylic acids is 2. The van der Waals surface area contributed by atoms with E-state index in [0.717, 1.165) is 19.4 Å². The molecule has 1 aromatic carbocycles. The van der Waals surface area contributed by atoms with E-state index >= 15 is 0 Å². The number of nitrogens with one attached hydrogen (secondary N) is 2. The number of benzene rings is 1. The van der Waals surface area contributed by atoms with Gasteiger partial charge in [-0.1, -0.05) is 11.6 Å². The van der Waals surface area contributed by atoms with Crippen molar-refractivity contribution in [3.8, 4) is 0 Å². The van der Waals surface area contributed by atoms with Gasteiger partial charge in [-0.15, -0.1) is 0 Å². The fraction of sp³-hybridized carbons (Fsp3) is 0.500. The Hall–Kier alpha value is -1.63. The average molecular weight is 339 g/mol. The summed E-state index contributed by atoms with van der Waals surface area (Å²) in [6.07, 6.45) is 1.76. The molecule has 1 aliphatic heterocycles. The second kappa shape index (κ2) is 8.86. The number of nitrogens with two attached hydrogens (primary N) is 1. The Kier molecular flexibility index (Phi) is 6.83. The van der Waals surface area contributed by atoms with Gasteiger partial charge in [0.1, 0.15) is 0 Å². The second-order valence-corrected chi connectivity index (χ2v) is 6.15. The van der Waals surface area contributed by atoms with E-state index in [1.807, 2.05) is 4.90 Å². The highest BCUT2D eigenvalue weighted by molar-refractivity contribution is 6.30. The van der Waals surface area contributed by atoms with Gasteiger partial charge in [-0.2, -0.15) is 0 Å². The molecule has 2 rings (SSSR count). The number of nitrogens with zero attached hydrogens (tertiary/aromatic N) is 1. The van der Waals surface area contributed by atoms with E-state index in [1.165, 1.54) is 0 Å². The van der Waals surface area contributed by atoms with E-state index in [1.54, 1.807) is 24.3 Å². The lowest BCUT2D eigenvalue weighted by Crippen LogP contribution is -2.46. The normalized spacial score (nSPS) is 18.4. The molecule has 1 fully saturated rings. The van der Waals surface area contributed by atoms with Gasteiger partial charge in [0, 0.05) is 30.3 Å². The van der Waals surface area contributed by atoms with Gasteiger partial charge >= 0.3 is 0 Å². The lowest BCUT2D eigenvalue weighted by atomic mass is 9.97. The first kappa shape index (κ1) is 17.7. The van der Waals surface area contributed by atoms with Crippen molar-refractivity contribution in [3.63, 3.8) is 0 Å². The van der Waals surface area contributed by atoms with Gasteiger partial charge in [0.15, 0.2) is 0 Å². The highest BCUT2D eigenvalue weighted by Gasteiger charge is 2.26. The number of halogens is 1. The fourth-order valence-electron chi connectivity index (χ4n) is 2.69. The summed E-state index contributed by atoms with van der Waals surface area (Å²) < 4.78 is 0. The molecule has 1 aliphatic rings. The highest BCUT2D eigenvalue weighted by atomic mass is 35.5. The maximum absolute atomic E-state index is 12.1. The first-order chi connectivity index (χ1) is 11.1. The smallest absolute Gasteiger partial charge is 0.238 e. The number of anilines is 1. The van der Waals surface area contributed by atoms with Crippen molar-refractivity contribution in [2.24, 2.45) is 11.7 Å². The monoisotopic (exact) mass is 338 g/mol. The van der Waals surface area contributed by atoms with E-state index < -0.39 is 0 Å². The van der Waals surface area contributed by atoms with Crippen LogP contribution in [-0.2, 0) is 9.59 Å². The lowest BCUT2D eigenvalue weighted by molar-refractivity contribution is -0.127. The van der Waals surface area contributed by atoms with Gasteiger partial charge in [0.05, 0.1) is 12.5 Å². The third-order valence-corrected chi connectivity index (χ3v) is 4.07. The summed E-state index contributed by atoms with van der Waals surface area (Å²) in [5, 5.41) is 6.29. The Balaban J connectivity index is 1.81. The van der Waals surface area contributed by atoms with Crippen molar-refractivity contribution in [2.45, 2.75) is 12.8 Å². The largest absolute Gasteiger partial charge is 0.355 e. The molecule has 6 nitrogen and oxygen atoms in total. The van der Waals surface area contributed by atoms with E-state index in [0.29, 0.717) is 30.3 Å². The van der Waals surface area contributed by atoms with Crippen molar-refractivity contribution in [1.29, 1.82) is 0 Å². The second-order valence-electron chi connectivity index (χ2n) is 5.71. The third-order valence-electron chi connectivity index (χ3n) is 3.82. The number of hydrogen-bond donors (Lipinski definition) is 3. The Morgan fingerprint density at radius 3 is 2.74 bits per heavy atom. The number of rotatable bonds is 6. The first-order valence-electron chi connectivity index (χ1n) is 7.84. The van der Waals surface area contributed by atoms with E-state index in [9.17, 15) is 9.59 Å². The number of piperidine rings is 1. The molecule has 4 N–H and O–H groups in total. The average Bonchev–Trinajstić information content (AvgIpc) is 2.55. The van der Waals surface area contributed by atoms with Gasteiger partial charge in [-0.25, -0.2) is 0 Å². The predicted octanol–water partition coefficient (Wildman–Crippen LogP) is 1.07. The minimum Gasteiger partial charge on any atom is -0.355 e. The van der Waals surface area contributed by atoms with Gasteiger partial charge in [-0.05, 0) is 43.7 Å². The fourth-order valence-corrected chi connectivity index (χ4v) is 2.82. The molecular weight excluding hydrogens is 316 g/mol. The Morgan fingerprint density at radius 1 is 1.30 bits per heavy atom. The van der Waals surface area contributed by atoms with Crippen molar-refractivity contribution in [3.05, 3.63) is 29.3 Å². The molecule has 126 valence electrons. The lowest BCUT2D eigenvalue weighted by Gasteiger charge is -2.31. The molecule has 1 heterocycles. The van der Waals surface area contributed by atoms with Crippen molar-refractivity contribution in [2.75, 3.05) is 38.0 Å².